The van der Waals surface area contributed by atoms with Gasteiger partial charge in [-0.1, -0.05) is 35.9 Å². The fourth-order valence-corrected chi connectivity index (χ4v) is 4.07. The van der Waals surface area contributed by atoms with Crippen molar-refractivity contribution in [3.63, 3.8) is 0 Å². The summed E-state index contributed by atoms with van der Waals surface area (Å²) in [4.78, 5) is 17.6. The number of fused-ring (bicyclic) bond motifs is 3. The van der Waals surface area contributed by atoms with Gasteiger partial charge in [0.05, 0.1) is 0 Å². The van der Waals surface area contributed by atoms with Crippen molar-refractivity contribution in [1.29, 1.82) is 0 Å². The summed E-state index contributed by atoms with van der Waals surface area (Å²) in [6.07, 6.45) is 1.04. The second kappa shape index (κ2) is 5.50. The second-order valence-electron chi connectivity index (χ2n) is 6.83. The van der Waals surface area contributed by atoms with Gasteiger partial charge in [0.25, 0.3) is 5.91 Å². The van der Waals surface area contributed by atoms with Crippen LogP contribution >= 0.6 is 0 Å². The Kier molecular flexibility index (Phi) is 3.46. The number of likely N-dealkylation sites (N-methyl/N-ethyl adjacent to an activating group) is 1. The number of likely N-dealkylation sites (tertiary alicyclic amines) is 1. The first-order chi connectivity index (χ1) is 11.1. The number of carbonyl (C=O) groups is 1. The van der Waals surface area contributed by atoms with E-state index in [2.05, 4.69) is 42.0 Å². The Balaban J connectivity index is 1.79. The number of nitrogens with zero attached hydrogens (tertiary/aromatic N) is 2. The Labute approximate surface area is 137 Å². The number of hydrogen-bond donors (Lipinski definition) is 0. The molecule has 2 aliphatic rings. The molecule has 3 heteroatoms. The van der Waals surface area contributed by atoms with Crippen molar-refractivity contribution < 1.29 is 4.79 Å². The maximum atomic E-state index is 13.1. The van der Waals surface area contributed by atoms with Crippen LogP contribution in [0.1, 0.15) is 33.8 Å². The summed E-state index contributed by atoms with van der Waals surface area (Å²) in [5, 5.41) is 0. The number of piperidine rings is 1. The summed E-state index contributed by atoms with van der Waals surface area (Å²) in [6, 6.07) is 16.5. The van der Waals surface area contributed by atoms with E-state index in [4.69, 9.17) is 0 Å². The molecule has 0 bridgehead atoms. The number of amides is 1. The lowest BCUT2D eigenvalue weighted by molar-refractivity contribution is 0.0964. The van der Waals surface area contributed by atoms with E-state index < -0.39 is 0 Å². The number of aryl methyl sites for hydroxylation is 1. The van der Waals surface area contributed by atoms with Crippen molar-refractivity contribution in [1.82, 2.24) is 4.90 Å². The standard InChI is InChI=1S/C20H22N2O/c1-14-8-9-18-16(12-14)17-13-21(2)11-10-19(17)22(18)20(23)15-6-4-3-5-7-15/h3-9,12,17,19H,10-11,13H2,1-2H3/t17-,19+/m1/s1. The zero-order valence-corrected chi connectivity index (χ0v) is 13.7. The van der Waals surface area contributed by atoms with Crippen molar-refractivity contribution in [2.24, 2.45) is 0 Å². The maximum Gasteiger partial charge on any atom is 0.258 e. The molecule has 0 N–H and O–H groups in total. The molecule has 0 aromatic heterocycles. The molecule has 3 nitrogen and oxygen atoms in total. The van der Waals surface area contributed by atoms with Crippen LogP contribution in [0.2, 0.25) is 0 Å². The number of benzene rings is 2. The van der Waals surface area contributed by atoms with Gasteiger partial charge < -0.3 is 9.80 Å². The molecule has 0 radical (unpaired) electrons. The summed E-state index contributed by atoms with van der Waals surface area (Å²) < 4.78 is 0. The van der Waals surface area contributed by atoms with E-state index in [0.29, 0.717) is 5.92 Å². The highest BCUT2D eigenvalue weighted by molar-refractivity contribution is 6.08. The van der Waals surface area contributed by atoms with E-state index in [1.165, 1.54) is 11.1 Å². The van der Waals surface area contributed by atoms with Gasteiger partial charge in [-0.3, -0.25) is 4.79 Å². The van der Waals surface area contributed by atoms with E-state index in [1.807, 2.05) is 30.3 Å². The van der Waals surface area contributed by atoms with Crippen LogP contribution < -0.4 is 4.90 Å². The molecule has 2 aromatic carbocycles. The van der Waals surface area contributed by atoms with Crippen LogP contribution in [0.25, 0.3) is 0 Å². The molecule has 0 unspecified atom stereocenters. The van der Waals surface area contributed by atoms with E-state index in [0.717, 1.165) is 30.8 Å². The molecule has 0 spiro atoms. The smallest absolute Gasteiger partial charge is 0.258 e. The molecule has 2 aliphatic heterocycles. The molecule has 0 saturated carbocycles. The van der Waals surface area contributed by atoms with Crippen LogP contribution in [0, 0.1) is 6.92 Å². The minimum Gasteiger partial charge on any atom is -0.306 e. The Morgan fingerprint density at radius 2 is 1.91 bits per heavy atom. The SMILES string of the molecule is Cc1ccc2c(c1)[C@H]1CN(C)CC[C@@H]1N2C(=O)c1ccccc1. The minimum absolute atomic E-state index is 0.132. The topological polar surface area (TPSA) is 23.6 Å². The number of hydrogen-bond acceptors (Lipinski definition) is 2. The average molecular weight is 306 g/mol. The lowest BCUT2D eigenvalue weighted by Gasteiger charge is -2.36. The molecule has 0 aliphatic carbocycles. The summed E-state index contributed by atoms with van der Waals surface area (Å²) in [5.74, 6) is 0.559. The van der Waals surface area contributed by atoms with Gasteiger partial charge in [0, 0.05) is 29.8 Å². The van der Waals surface area contributed by atoms with E-state index >= 15 is 0 Å². The number of anilines is 1. The first kappa shape index (κ1) is 14.5. The van der Waals surface area contributed by atoms with Crippen molar-refractivity contribution in [3.8, 4) is 0 Å². The first-order valence-corrected chi connectivity index (χ1v) is 8.33. The molecule has 118 valence electrons. The molecule has 1 amide bonds. The molecular formula is C20H22N2O. The van der Waals surface area contributed by atoms with Gasteiger partial charge in [-0.2, -0.15) is 0 Å². The molecule has 2 atom stereocenters. The highest BCUT2D eigenvalue weighted by Crippen LogP contribution is 2.45. The fraction of sp³-hybridized carbons (Fsp3) is 0.350. The highest BCUT2D eigenvalue weighted by Gasteiger charge is 2.43. The molecule has 1 fully saturated rings. The monoisotopic (exact) mass is 306 g/mol. The summed E-state index contributed by atoms with van der Waals surface area (Å²) in [6.45, 7) is 4.20. The first-order valence-electron chi connectivity index (χ1n) is 8.33. The van der Waals surface area contributed by atoms with Gasteiger partial charge >= 0.3 is 0 Å². The average Bonchev–Trinajstić information content (AvgIpc) is 2.88. The van der Waals surface area contributed by atoms with Crippen molar-refractivity contribution >= 4 is 11.6 Å². The van der Waals surface area contributed by atoms with Crippen LogP contribution in [0.15, 0.2) is 48.5 Å². The van der Waals surface area contributed by atoms with Gasteiger partial charge in [-0.05, 0) is 50.7 Å². The largest absolute Gasteiger partial charge is 0.306 e. The van der Waals surface area contributed by atoms with Crippen LogP contribution in [0.3, 0.4) is 0 Å². The number of rotatable bonds is 1. The van der Waals surface area contributed by atoms with Crippen molar-refractivity contribution in [3.05, 3.63) is 65.2 Å². The van der Waals surface area contributed by atoms with Crippen molar-refractivity contribution in [2.75, 3.05) is 25.0 Å². The van der Waals surface area contributed by atoms with Gasteiger partial charge in [-0.25, -0.2) is 0 Å². The summed E-state index contributed by atoms with van der Waals surface area (Å²) in [7, 11) is 2.17. The predicted octanol–water partition coefficient (Wildman–Crippen LogP) is 3.44. The zero-order valence-electron chi connectivity index (χ0n) is 13.7. The maximum absolute atomic E-state index is 13.1. The Morgan fingerprint density at radius 1 is 1.13 bits per heavy atom. The predicted molar refractivity (Wildman–Crippen MR) is 93.1 cm³/mol. The Morgan fingerprint density at radius 3 is 2.70 bits per heavy atom. The highest BCUT2D eigenvalue weighted by atomic mass is 16.2. The van der Waals surface area contributed by atoms with Crippen LogP contribution in [-0.4, -0.2) is 37.0 Å². The lowest BCUT2D eigenvalue weighted by Crippen LogP contribution is -2.47. The van der Waals surface area contributed by atoms with Gasteiger partial charge in [0.15, 0.2) is 0 Å². The van der Waals surface area contributed by atoms with Gasteiger partial charge in [-0.15, -0.1) is 0 Å². The fourth-order valence-electron chi connectivity index (χ4n) is 4.07. The molecule has 23 heavy (non-hydrogen) atoms. The zero-order chi connectivity index (χ0) is 16.0. The van der Waals surface area contributed by atoms with Crippen molar-refractivity contribution in [2.45, 2.75) is 25.3 Å². The van der Waals surface area contributed by atoms with Gasteiger partial charge in [0.2, 0.25) is 0 Å². The summed E-state index contributed by atoms with van der Waals surface area (Å²) in [5.41, 5.74) is 4.49. The third kappa shape index (κ3) is 2.36. The normalized spacial score (nSPS) is 23.5. The minimum atomic E-state index is 0.132. The molecule has 2 heterocycles. The molecule has 4 rings (SSSR count). The second-order valence-corrected chi connectivity index (χ2v) is 6.83. The van der Waals surface area contributed by atoms with Gasteiger partial charge in [0.1, 0.15) is 0 Å². The van der Waals surface area contributed by atoms with Crippen LogP contribution in [-0.2, 0) is 0 Å². The van der Waals surface area contributed by atoms with E-state index in [-0.39, 0.29) is 11.9 Å². The molecule has 2 aromatic rings. The third-order valence-corrected chi connectivity index (χ3v) is 5.19. The Bertz CT molecular complexity index is 741. The summed E-state index contributed by atoms with van der Waals surface area (Å²) >= 11 is 0. The lowest BCUT2D eigenvalue weighted by atomic mass is 9.88. The molecular weight excluding hydrogens is 284 g/mol. The quantitative estimate of drug-likeness (QED) is 0.806. The van der Waals surface area contributed by atoms with Crippen LogP contribution in [0.5, 0.6) is 0 Å². The van der Waals surface area contributed by atoms with E-state index in [9.17, 15) is 4.79 Å². The third-order valence-electron chi connectivity index (χ3n) is 5.19. The van der Waals surface area contributed by atoms with E-state index in [1.54, 1.807) is 0 Å². The van der Waals surface area contributed by atoms with Crippen LogP contribution in [0.4, 0.5) is 5.69 Å². The Hall–Kier alpha value is -2.13. The number of carbonyl (C=O) groups excluding carboxylic acids is 1. The molecule has 1 saturated heterocycles.